The number of hydrogen-bond acceptors (Lipinski definition) is 4. The highest BCUT2D eigenvalue weighted by Crippen LogP contribution is 2.31. The zero-order chi connectivity index (χ0) is 28.7. The van der Waals surface area contributed by atoms with Gasteiger partial charge in [-0.3, -0.25) is 13.9 Å². The Hall–Kier alpha value is -3.36. The fraction of sp³-hybridized carbons (Fsp3) is 0.355. The number of hydrogen-bond donors (Lipinski definition) is 1. The number of rotatable bonds is 11. The summed E-state index contributed by atoms with van der Waals surface area (Å²) in [6, 6.07) is 21.6. The predicted octanol–water partition coefficient (Wildman–Crippen LogP) is 5.71. The van der Waals surface area contributed by atoms with E-state index in [0.717, 1.165) is 41.1 Å². The summed E-state index contributed by atoms with van der Waals surface area (Å²) in [6.45, 7) is 3.48. The molecule has 0 saturated heterocycles. The largest absolute Gasteiger partial charge is 0.352 e. The molecule has 1 fully saturated rings. The van der Waals surface area contributed by atoms with Gasteiger partial charge in [-0.2, -0.15) is 0 Å². The van der Waals surface area contributed by atoms with E-state index in [2.05, 4.69) is 5.32 Å². The molecule has 0 heterocycles. The lowest BCUT2D eigenvalue weighted by atomic mass is 10.1. The van der Waals surface area contributed by atoms with Crippen molar-refractivity contribution in [2.75, 3.05) is 10.8 Å². The summed E-state index contributed by atoms with van der Waals surface area (Å²) >= 11 is 6.46. The van der Waals surface area contributed by atoms with Crippen LogP contribution in [0.1, 0.15) is 50.2 Å². The van der Waals surface area contributed by atoms with Gasteiger partial charge < -0.3 is 10.2 Å². The monoisotopic (exact) mass is 581 g/mol. The van der Waals surface area contributed by atoms with Crippen LogP contribution in [0.25, 0.3) is 0 Å². The molecule has 1 aliphatic carbocycles. The second kappa shape index (κ2) is 13.3. The number of amides is 2. The van der Waals surface area contributed by atoms with Crippen LogP contribution in [0.2, 0.25) is 5.02 Å². The maximum absolute atomic E-state index is 14.1. The number of carbonyl (C=O) groups excluding carboxylic acids is 2. The van der Waals surface area contributed by atoms with E-state index in [1.807, 2.05) is 38.1 Å². The minimum Gasteiger partial charge on any atom is -0.352 e. The van der Waals surface area contributed by atoms with Crippen molar-refractivity contribution in [3.05, 3.63) is 95.0 Å². The minimum absolute atomic E-state index is 0.0407. The first kappa shape index (κ1) is 29.6. The molecule has 1 aliphatic rings. The molecule has 3 aromatic rings. The van der Waals surface area contributed by atoms with Crippen molar-refractivity contribution in [1.82, 2.24) is 10.2 Å². The molecule has 1 atom stereocenters. The van der Waals surface area contributed by atoms with Crippen LogP contribution in [0.15, 0.2) is 83.8 Å². The maximum Gasteiger partial charge on any atom is 0.264 e. The quantitative estimate of drug-likeness (QED) is 0.314. The molecule has 0 aromatic heterocycles. The molecule has 1 N–H and O–H groups in total. The van der Waals surface area contributed by atoms with E-state index >= 15 is 0 Å². The first-order valence-electron chi connectivity index (χ1n) is 13.7. The van der Waals surface area contributed by atoms with E-state index in [-0.39, 0.29) is 34.1 Å². The van der Waals surface area contributed by atoms with Crippen LogP contribution in [0.5, 0.6) is 0 Å². The lowest BCUT2D eigenvalue weighted by molar-refractivity contribution is -0.140. The summed E-state index contributed by atoms with van der Waals surface area (Å²) in [5.41, 5.74) is 2.08. The minimum atomic E-state index is -4.16. The van der Waals surface area contributed by atoms with E-state index in [9.17, 15) is 18.0 Å². The second-order valence-electron chi connectivity index (χ2n) is 10.2. The van der Waals surface area contributed by atoms with Crippen LogP contribution in [-0.2, 0) is 26.2 Å². The van der Waals surface area contributed by atoms with Crippen LogP contribution in [-0.4, -0.2) is 43.8 Å². The fourth-order valence-corrected chi connectivity index (χ4v) is 6.92. The lowest BCUT2D eigenvalue weighted by Gasteiger charge is -2.34. The van der Waals surface area contributed by atoms with Crippen LogP contribution in [0, 0.1) is 6.92 Å². The average Bonchev–Trinajstić information content (AvgIpc) is 3.45. The summed E-state index contributed by atoms with van der Waals surface area (Å²) in [5.74, 6) is -0.708. The average molecular weight is 582 g/mol. The Balaban J connectivity index is 1.72. The van der Waals surface area contributed by atoms with Crippen LogP contribution in [0.3, 0.4) is 0 Å². The van der Waals surface area contributed by atoms with Crippen molar-refractivity contribution in [2.45, 2.75) is 69.5 Å². The number of halogens is 1. The van der Waals surface area contributed by atoms with Gasteiger partial charge >= 0.3 is 0 Å². The molecule has 0 spiro atoms. The van der Waals surface area contributed by atoms with Gasteiger partial charge in [0.25, 0.3) is 10.0 Å². The normalized spacial score (nSPS) is 14.5. The number of aryl methyl sites for hydroxylation is 1. The topological polar surface area (TPSA) is 86.8 Å². The second-order valence-corrected chi connectivity index (χ2v) is 12.5. The van der Waals surface area contributed by atoms with Gasteiger partial charge in [0.2, 0.25) is 11.8 Å². The first-order valence-corrected chi connectivity index (χ1v) is 15.5. The van der Waals surface area contributed by atoms with Crippen molar-refractivity contribution in [3.63, 3.8) is 0 Å². The molecule has 7 nitrogen and oxygen atoms in total. The molecule has 40 heavy (non-hydrogen) atoms. The maximum atomic E-state index is 14.1. The van der Waals surface area contributed by atoms with Crippen LogP contribution < -0.4 is 9.62 Å². The zero-order valence-electron chi connectivity index (χ0n) is 22.9. The fourth-order valence-electron chi connectivity index (χ4n) is 5.18. The van der Waals surface area contributed by atoms with Gasteiger partial charge in [0.1, 0.15) is 12.6 Å². The van der Waals surface area contributed by atoms with Crippen molar-refractivity contribution < 1.29 is 18.0 Å². The third kappa shape index (κ3) is 7.04. The molecule has 0 aliphatic heterocycles. The number of nitrogens with one attached hydrogen (secondary N) is 1. The summed E-state index contributed by atoms with van der Waals surface area (Å²) < 4.78 is 28.8. The van der Waals surface area contributed by atoms with Gasteiger partial charge in [0.15, 0.2) is 0 Å². The van der Waals surface area contributed by atoms with E-state index in [1.165, 1.54) is 17.0 Å². The third-order valence-electron chi connectivity index (χ3n) is 7.25. The van der Waals surface area contributed by atoms with E-state index in [1.54, 1.807) is 42.5 Å². The zero-order valence-corrected chi connectivity index (χ0v) is 24.5. The van der Waals surface area contributed by atoms with Gasteiger partial charge in [-0.25, -0.2) is 8.42 Å². The van der Waals surface area contributed by atoms with E-state index in [4.69, 9.17) is 11.6 Å². The van der Waals surface area contributed by atoms with Gasteiger partial charge in [0.05, 0.1) is 15.6 Å². The number of para-hydroxylation sites is 1. The molecule has 1 saturated carbocycles. The summed E-state index contributed by atoms with van der Waals surface area (Å²) in [6.07, 6.45) is 4.36. The molecular weight excluding hydrogens is 546 g/mol. The summed E-state index contributed by atoms with van der Waals surface area (Å²) in [5, 5.41) is 3.33. The van der Waals surface area contributed by atoms with Crippen molar-refractivity contribution >= 4 is 39.1 Å². The van der Waals surface area contributed by atoms with Gasteiger partial charge in [-0.05, 0) is 56.0 Å². The van der Waals surface area contributed by atoms with Crippen molar-refractivity contribution in [3.8, 4) is 0 Å². The van der Waals surface area contributed by atoms with Crippen molar-refractivity contribution in [2.24, 2.45) is 0 Å². The third-order valence-corrected chi connectivity index (χ3v) is 9.35. The molecule has 4 rings (SSSR count). The Morgan fingerprint density at radius 2 is 1.65 bits per heavy atom. The van der Waals surface area contributed by atoms with Crippen LogP contribution >= 0.6 is 11.6 Å². The van der Waals surface area contributed by atoms with Crippen LogP contribution in [0.4, 0.5) is 5.69 Å². The SMILES string of the molecule is CCC(C(=O)NC1CCCC1)N(Cc1cccc(C)c1)C(=O)CN(c1ccccc1Cl)S(=O)(=O)c1ccccc1. The van der Waals surface area contributed by atoms with Gasteiger partial charge in [-0.15, -0.1) is 0 Å². The van der Waals surface area contributed by atoms with E-state index < -0.39 is 28.5 Å². The van der Waals surface area contributed by atoms with Crippen molar-refractivity contribution in [1.29, 1.82) is 0 Å². The molecule has 2 amide bonds. The first-order chi connectivity index (χ1) is 19.2. The Kier molecular flexibility index (Phi) is 9.87. The number of anilines is 1. The highest BCUT2D eigenvalue weighted by atomic mass is 35.5. The standard InChI is InChI=1S/C31H36ClN3O4S/c1-3-28(31(37)33-25-14-7-8-15-25)34(21-24-13-11-12-23(2)20-24)30(36)22-35(29-19-10-9-18-27(29)32)40(38,39)26-16-5-4-6-17-26/h4-6,9-13,16-20,25,28H,3,7-8,14-15,21-22H2,1-2H3,(H,33,37). The van der Waals surface area contributed by atoms with Gasteiger partial charge in [-0.1, -0.05) is 91.5 Å². The number of sulfonamides is 1. The number of nitrogens with zero attached hydrogens (tertiary/aromatic N) is 2. The Labute approximate surface area is 242 Å². The Morgan fingerprint density at radius 1 is 0.975 bits per heavy atom. The summed E-state index contributed by atoms with van der Waals surface area (Å²) in [4.78, 5) is 29.2. The Bertz CT molecular complexity index is 1430. The predicted molar refractivity (Wildman–Crippen MR) is 159 cm³/mol. The molecule has 0 radical (unpaired) electrons. The lowest BCUT2D eigenvalue weighted by Crippen LogP contribution is -2.53. The Morgan fingerprint density at radius 3 is 2.30 bits per heavy atom. The number of benzene rings is 3. The number of carbonyl (C=O) groups is 2. The van der Waals surface area contributed by atoms with Gasteiger partial charge in [0, 0.05) is 12.6 Å². The molecular formula is C31H36ClN3O4S. The molecule has 0 bridgehead atoms. The highest BCUT2D eigenvalue weighted by Gasteiger charge is 2.35. The molecule has 9 heteroatoms. The summed E-state index contributed by atoms with van der Waals surface area (Å²) in [7, 11) is -4.16. The van der Waals surface area contributed by atoms with E-state index in [0.29, 0.717) is 6.42 Å². The molecule has 3 aromatic carbocycles. The smallest absolute Gasteiger partial charge is 0.264 e. The highest BCUT2D eigenvalue weighted by molar-refractivity contribution is 7.92. The molecule has 212 valence electrons. The molecule has 1 unspecified atom stereocenters.